The van der Waals surface area contributed by atoms with Crippen molar-refractivity contribution < 1.29 is 0 Å². The zero-order valence-electron chi connectivity index (χ0n) is 11.9. The Morgan fingerprint density at radius 1 is 1.41 bits per heavy atom. The summed E-state index contributed by atoms with van der Waals surface area (Å²) < 4.78 is 0. The van der Waals surface area contributed by atoms with Crippen LogP contribution in [0.5, 0.6) is 0 Å². The second kappa shape index (κ2) is 7.07. The van der Waals surface area contributed by atoms with Gasteiger partial charge in [0.2, 0.25) is 0 Å². The van der Waals surface area contributed by atoms with Crippen molar-refractivity contribution >= 4 is 0 Å². The Morgan fingerprint density at radius 3 is 2.76 bits per heavy atom. The van der Waals surface area contributed by atoms with Crippen LogP contribution in [0.1, 0.15) is 65.7 Å². The van der Waals surface area contributed by atoms with Gasteiger partial charge in [-0.1, -0.05) is 33.6 Å². The normalized spacial score (nSPS) is 25.2. The molecule has 0 saturated heterocycles. The average Bonchev–Trinajstić information content (AvgIpc) is 2.28. The Balaban J connectivity index is 2.57. The van der Waals surface area contributed by atoms with Gasteiger partial charge in [0.05, 0.1) is 0 Å². The summed E-state index contributed by atoms with van der Waals surface area (Å²) in [7, 11) is 0. The van der Waals surface area contributed by atoms with Crippen molar-refractivity contribution in [3.05, 3.63) is 0 Å². The first-order valence-corrected chi connectivity index (χ1v) is 7.28. The van der Waals surface area contributed by atoms with Crippen molar-refractivity contribution in [1.29, 1.82) is 0 Å². The lowest BCUT2D eigenvalue weighted by molar-refractivity contribution is 0.0947. The molecular weight excluding hydrogens is 206 g/mol. The standard InChI is InChI=1S/C16H29N/c1-5-7-8-12-15(17-6-2)14-11-9-10-13-16(14,3)4/h1,14-15,17H,6-13H2,2-4H3. The molecule has 0 bridgehead atoms. The van der Waals surface area contributed by atoms with Gasteiger partial charge in [-0.3, -0.25) is 0 Å². The number of hydrogen-bond acceptors (Lipinski definition) is 1. The van der Waals surface area contributed by atoms with Gasteiger partial charge in [0.1, 0.15) is 0 Å². The minimum atomic E-state index is 0.501. The molecule has 0 spiro atoms. The molecule has 1 aliphatic carbocycles. The van der Waals surface area contributed by atoms with Crippen LogP contribution in [-0.4, -0.2) is 12.6 Å². The first-order valence-electron chi connectivity index (χ1n) is 7.28. The molecule has 1 saturated carbocycles. The van der Waals surface area contributed by atoms with E-state index in [1.807, 2.05) is 0 Å². The Labute approximate surface area is 108 Å². The summed E-state index contributed by atoms with van der Waals surface area (Å²) in [5.74, 6) is 3.59. The summed E-state index contributed by atoms with van der Waals surface area (Å²) in [5.41, 5.74) is 0.501. The Morgan fingerprint density at radius 2 is 2.18 bits per heavy atom. The van der Waals surface area contributed by atoms with Gasteiger partial charge in [-0.15, -0.1) is 12.3 Å². The SMILES string of the molecule is C#CCCCC(NCC)C1CCCCC1(C)C. The van der Waals surface area contributed by atoms with Crippen LogP contribution in [0.15, 0.2) is 0 Å². The van der Waals surface area contributed by atoms with Crippen LogP contribution in [0, 0.1) is 23.7 Å². The van der Waals surface area contributed by atoms with E-state index in [9.17, 15) is 0 Å². The van der Waals surface area contributed by atoms with Gasteiger partial charge in [0.15, 0.2) is 0 Å². The zero-order chi connectivity index (χ0) is 12.7. The smallest absolute Gasteiger partial charge is 0.0101 e. The third kappa shape index (κ3) is 4.36. The molecule has 0 aromatic heterocycles. The Hall–Kier alpha value is -0.480. The molecule has 2 unspecified atom stereocenters. The monoisotopic (exact) mass is 235 g/mol. The summed E-state index contributed by atoms with van der Waals surface area (Å²) in [5, 5.41) is 3.70. The van der Waals surface area contributed by atoms with Crippen LogP contribution in [-0.2, 0) is 0 Å². The quantitative estimate of drug-likeness (QED) is 0.542. The Bertz CT molecular complexity index is 249. The molecule has 1 fully saturated rings. The molecule has 1 rings (SSSR count). The molecule has 0 aliphatic heterocycles. The van der Waals surface area contributed by atoms with Gasteiger partial charge in [0, 0.05) is 12.5 Å². The van der Waals surface area contributed by atoms with Crippen LogP contribution in [0.2, 0.25) is 0 Å². The van der Waals surface area contributed by atoms with E-state index in [2.05, 4.69) is 32.0 Å². The molecule has 0 aromatic carbocycles. The fourth-order valence-corrected chi connectivity index (χ4v) is 3.40. The lowest BCUT2D eigenvalue weighted by Crippen LogP contribution is -2.44. The van der Waals surface area contributed by atoms with Crippen LogP contribution >= 0.6 is 0 Å². The predicted octanol–water partition coefficient (Wildman–Crippen LogP) is 3.98. The predicted molar refractivity (Wildman–Crippen MR) is 75.9 cm³/mol. The molecule has 1 nitrogen and oxygen atoms in total. The maximum Gasteiger partial charge on any atom is 0.0101 e. The average molecular weight is 235 g/mol. The van der Waals surface area contributed by atoms with Crippen LogP contribution in [0.4, 0.5) is 0 Å². The molecular formula is C16H29N. The van der Waals surface area contributed by atoms with Crippen LogP contribution in [0.25, 0.3) is 0 Å². The zero-order valence-corrected chi connectivity index (χ0v) is 11.9. The highest BCUT2D eigenvalue weighted by Crippen LogP contribution is 2.43. The van der Waals surface area contributed by atoms with Gasteiger partial charge in [-0.05, 0) is 43.6 Å². The highest BCUT2D eigenvalue weighted by molar-refractivity contribution is 4.91. The third-order valence-corrected chi connectivity index (χ3v) is 4.38. The van der Waals surface area contributed by atoms with Crippen molar-refractivity contribution in [2.24, 2.45) is 11.3 Å². The summed E-state index contributed by atoms with van der Waals surface area (Å²) >= 11 is 0. The van der Waals surface area contributed by atoms with Gasteiger partial charge in [-0.2, -0.15) is 0 Å². The van der Waals surface area contributed by atoms with E-state index >= 15 is 0 Å². The first kappa shape index (κ1) is 14.6. The molecule has 1 N–H and O–H groups in total. The second-order valence-electron chi connectivity index (χ2n) is 6.10. The summed E-state index contributed by atoms with van der Waals surface area (Å²) in [4.78, 5) is 0. The van der Waals surface area contributed by atoms with Crippen molar-refractivity contribution in [1.82, 2.24) is 5.32 Å². The number of hydrogen-bond donors (Lipinski definition) is 1. The maximum absolute atomic E-state index is 5.35. The minimum Gasteiger partial charge on any atom is -0.314 e. The minimum absolute atomic E-state index is 0.501. The van der Waals surface area contributed by atoms with Crippen LogP contribution in [0.3, 0.4) is 0 Å². The molecule has 0 radical (unpaired) electrons. The van der Waals surface area contributed by atoms with E-state index in [1.165, 1.54) is 38.5 Å². The summed E-state index contributed by atoms with van der Waals surface area (Å²) in [6, 6.07) is 0.670. The van der Waals surface area contributed by atoms with Gasteiger partial charge in [0.25, 0.3) is 0 Å². The lowest BCUT2D eigenvalue weighted by Gasteiger charge is -2.43. The third-order valence-electron chi connectivity index (χ3n) is 4.38. The summed E-state index contributed by atoms with van der Waals surface area (Å²) in [6.45, 7) is 8.18. The number of unbranched alkanes of at least 4 members (excludes halogenated alkanes) is 1. The molecule has 98 valence electrons. The molecule has 0 aromatic rings. The van der Waals surface area contributed by atoms with Gasteiger partial charge >= 0.3 is 0 Å². The number of rotatable bonds is 6. The largest absolute Gasteiger partial charge is 0.314 e. The van der Waals surface area contributed by atoms with E-state index in [0.29, 0.717) is 11.5 Å². The fourth-order valence-electron chi connectivity index (χ4n) is 3.40. The van der Waals surface area contributed by atoms with Crippen molar-refractivity contribution in [3.63, 3.8) is 0 Å². The highest BCUT2D eigenvalue weighted by Gasteiger charge is 2.36. The van der Waals surface area contributed by atoms with Crippen molar-refractivity contribution in [2.75, 3.05) is 6.54 Å². The Kier molecular flexibility index (Phi) is 6.06. The molecule has 0 heterocycles. The topological polar surface area (TPSA) is 12.0 Å². The molecule has 0 amide bonds. The van der Waals surface area contributed by atoms with Crippen LogP contribution < -0.4 is 5.32 Å². The molecule has 1 heteroatoms. The first-order chi connectivity index (χ1) is 8.11. The molecule has 1 aliphatic rings. The lowest BCUT2D eigenvalue weighted by atomic mass is 9.65. The van der Waals surface area contributed by atoms with Crippen molar-refractivity contribution in [3.8, 4) is 12.3 Å². The van der Waals surface area contributed by atoms with Crippen molar-refractivity contribution in [2.45, 2.75) is 71.8 Å². The van der Waals surface area contributed by atoms with E-state index < -0.39 is 0 Å². The number of nitrogens with one attached hydrogen (secondary N) is 1. The van der Waals surface area contributed by atoms with E-state index in [0.717, 1.165) is 18.9 Å². The number of terminal acetylenes is 1. The van der Waals surface area contributed by atoms with Gasteiger partial charge in [-0.25, -0.2) is 0 Å². The maximum atomic E-state index is 5.35. The van der Waals surface area contributed by atoms with E-state index in [-0.39, 0.29) is 0 Å². The van der Waals surface area contributed by atoms with Gasteiger partial charge < -0.3 is 5.32 Å². The van der Waals surface area contributed by atoms with E-state index in [4.69, 9.17) is 6.42 Å². The van der Waals surface area contributed by atoms with E-state index in [1.54, 1.807) is 0 Å². The molecule has 2 atom stereocenters. The molecule has 17 heavy (non-hydrogen) atoms. The fraction of sp³-hybridized carbons (Fsp3) is 0.875. The summed E-state index contributed by atoms with van der Waals surface area (Å²) in [6.07, 6.45) is 14.3. The second-order valence-corrected chi connectivity index (χ2v) is 6.10. The highest BCUT2D eigenvalue weighted by atomic mass is 14.9.